The van der Waals surface area contributed by atoms with Gasteiger partial charge in [0.05, 0.1) is 10.6 Å². The molecule has 0 heterocycles. The molecular formula is C10H11BrO2. The number of aldehydes is 1. The molecule has 0 unspecified atom stereocenters. The van der Waals surface area contributed by atoms with E-state index in [0.717, 1.165) is 10.8 Å². The molecule has 0 fully saturated rings. The van der Waals surface area contributed by atoms with Crippen molar-refractivity contribution in [2.75, 3.05) is 0 Å². The van der Waals surface area contributed by atoms with Crippen LogP contribution in [0.4, 0.5) is 0 Å². The summed E-state index contributed by atoms with van der Waals surface area (Å²) in [6, 6.07) is 5.27. The van der Waals surface area contributed by atoms with E-state index >= 15 is 0 Å². The summed E-state index contributed by atoms with van der Waals surface area (Å²) in [5.74, 6) is 0.708. The highest BCUT2D eigenvalue weighted by molar-refractivity contribution is 9.10. The molecule has 0 atom stereocenters. The monoisotopic (exact) mass is 242 g/mol. The van der Waals surface area contributed by atoms with Gasteiger partial charge in [0, 0.05) is 5.56 Å². The van der Waals surface area contributed by atoms with Crippen molar-refractivity contribution in [2.45, 2.75) is 20.0 Å². The van der Waals surface area contributed by atoms with E-state index in [1.165, 1.54) is 0 Å². The Morgan fingerprint density at radius 1 is 1.46 bits per heavy atom. The van der Waals surface area contributed by atoms with Gasteiger partial charge in [-0.2, -0.15) is 0 Å². The van der Waals surface area contributed by atoms with Crippen molar-refractivity contribution in [2.24, 2.45) is 0 Å². The molecule has 0 aliphatic heterocycles. The zero-order chi connectivity index (χ0) is 9.84. The van der Waals surface area contributed by atoms with Crippen LogP contribution in [0.5, 0.6) is 5.75 Å². The van der Waals surface area contributed by atoms with E-state index in [1.807, 2.05) is 13.8 Å². The molecule has 0 aliphatic carbocycles. The number of hydrogen-bond acceptors (Lipinski definition) is 2. The van der Waals surface area contributed by atoms with Crippen LogP contribution in [0, 0.1) is 0 Å². The van der Waals surface area contributed by atoms with E-state index in [9.17, 15) is 4.79 Å². The van der Waals surface area contributed by atoms with Crippen molar-refractivity contribution in [3.05, 3.63) is 28.2 Å². The van der Waals surface area contributed by atoms with Crippen LogP contribution in [0.1, 0.15) is 24.2 Å². The second-order valence-corrected chi connectivity index (χ2v) is 3.83. The average molecular weight is 243 g/mol. The van der Waals surface area contributed by atoms with Crippen molar-refractivity contribution in [1.82, 2.24) is 0 Å². The summed E-state index contributed by atoms with van der Waals surface area (Å²) in [5.41, 5.74) is 0.624. The summed E-state index contributed by atoms with van der Waals surface area (Å²) in [6.45, 7) is 3.89. The molecule has 0 radical (unpaired) electrons. The summed E-state index contributed by atoms with van der Waals surface area (Å²) < 4.78 is 6.35. The molecule has 0 aromatic heterocycles. The molecule has 0 saturated carbocycles. The third kappa shape index (κ3) is 2.84. The molecule has 1 rings (SSSR count). The first-order chi connectivity index (χ1) is 6.13. The van der Waals surface area contributed by atoms with Gasteiger partial charge in [0.2, 0.25) is 0 Å². The first-order valence-corrected chi connectivity index (χ1v) is 4.84. The van der Waals surface area contributed by atoms with Crippen molar-refractivity contribution < 1.29 is 9.53 Å². The Kier molecular flexibility index (Phi) is 3.48. The van der Waals surface area contributed by atoms with Gasteiger partial charge >= 0.3 is 0 Å². The van der Waals surface area contributed by atoms with E-state index < -0.39 is 0 Å². The lowest BCUT2D eigenvalue weighted by Gasteiger charge is -2.11. The Morgan fingerprint density at radius 3 is 2.69 bits per heavy atom. The fraction of sp³-hybridized carbons (Fsp3) is 0.300. The van der Waals surface area contributed by atoms with Crippen molar-refractivity contribution in [3.63, 3.8) is 0 Å². The first-order valence-electron chi connectivity index (χ1n) is 4.05. The third-order valence-electron chi connectivity index (χ3n) is 1.45. The average Bonchev–Trinajstić information content (AvgIpc) is 2.08. The quantitative estimate of drug-likeness (QED) is 0.762. The summed E-state index contributed by atoms with van der Waals surface area (Å²) in [4.78, 5) is 10.5. The van der Waals surface area contributed by atoms with E-state index in [-0.39, 0.29) is 6.10 Å². The number of ether oxygens (including phenoxy) is 1. The van der Waals surface area contributed by atoms with Gasteiger partial charge in [-0.05, 0) is 41.9 Å². The minimum Gasteiger partial charge on any atom is -0.490 e. The Labute approximate surface area is 86.0 Å². The largest absolute Gasteiger partial charge is 0.490 e. The van der Waals surface area contributed by atoms with Crippen LogP contribution < -0.4 is 4.74 Å². The molecule has 3 heteroatoms. The van der Waals surface area contributed by atoms with Gasteiger partial charge in [0.15, 0.2) is 0 Å². The first kappa shape index (κ1) is 10.3. The minimum absolute atomic E-state index is 0.109. The maximum atomic E-state index is 10.5. The smallest absolute Gasteiger partial charge is 0.150 e. The Bertz CT molecular complexity index is 308. The van der Waals surface area contributed by atoms with E-state index in [0.29, 0.717) is 11.3 Å². The van der Waals surface area contributed by atoms with Crippen LogP contribution >= 0.6 is 15.9 Å². The lowest BCUT2D eigenvalue weighted by Crippen LogP contribution is -2.06. The highest BCUT2D eigenvalue weighted by Gasteiger charge is 2.03. The zero-order valence-electron chi connectivity index (χ0n) is 7.58. The standard InChI is InChI=1S/C10H11BrO2/c1-7(2)13-10-5-8(6-12)3-4-9(10)11/h3-7H,1-2H3. The number of carbonyl (C=O) groups excluding carboxylic acids is 1. The molecule has 2 nitrogen and oxygen atoms in total. The number of rotatable bonds is 3. The fourth-order valence-electron chi connectivity index (χ4n) is 0.938. The Hall–Kier alpha value is -0.830. The van der Waals surface area contributed by atoms with Crippen LogP contribution in [0.25, 0.3) is 0 Å². The molecule has 1 aromatic carbocycles. The molecule has 0 spiro atoms. The molecule has 0 amide bonds. The van der Waals surface area contributed by atoms with Crippen molar-refractivity contribution >= 4 is 22.2 Å². The number of carbonyl (C=O) groups is 1. The Balaban J connectivity index is 2.96. The zero-order valence-corrected chi connectivity index (χ0v) is 9.17. The topological polar surface area (TPSA) is 26.3 Å². The van der Waals surface area contributed by atoms with Crippen LogP contribution in [-0.2, 0) is 0 Å². The van der Waals surface area contributed by atoms with E-state index in [2.05, 4.69) is 15.9 Å². The minimum atomic E-state index is 0.109. The summed E-state index contributed by atoms with van der Waals surface area (Å²) >= 11 is 3.35. The molecule has 0 aliphatic rings. The van der Waals surface area contributed by atoms with Gasteiger partial charge in [-0.25, -0.2) is 0 Å². The second kappa shape index (κ2) is 4.42. The highest BCUT2D eigenvalue weighted by atomic mass is 79.9. The number of halogens is 1. The molecule has 0 saturated heterocycles. The van der Waals surface area contributed by atoms with Gasteiger partial charge in [-0.3, -0.25) is 4.79 Å². The van der Waals surface area contributed by atoms with Gasteiger partial charge in [-0.1, -0.05) is 6.07 Å². The van der Waals surface area contributed by atoms with E-state index in [1.54, 1.807) is 18.2 Å². The SMILES string of the molecule is CC(C)Oc1cc(C=O)ccc1Br. The van der Waals surface area contributed by atoms with Crippen molar-refractivity contribution in [1.29, 1.82) is 0 Å². The van der Waals surface area contributed by atoms with Crippen LogP contribution in [-0.4, -0.2) is 12.4 Å². The molecular weight excluding hydrogens is 232 g/mol. The number of hydrogen-bond donors (Lipinski definition) is 0. The molecule has 0 bridgehead atoms. The predicted molar refractivity (Wildman–Crippen MR) is 55.3 cm³/mol. The van der Waals surface area contributed by atoms with Gasteiger partial charge in [0.25, 0.3) is 0 Å². The lowest BCUT2D eigenvalue weighted by molar-refractivity contribution is 0.112. The molecule has 70 valence electrons. The van der Waals surface area contributed by atoms with Crippen LogP contribution in [0.2, 0.25) is 0 Å². The second-order valence-electron chi connectivity index (χ2n) is 2.97. The lowest BCUT2D eigenvalue weighted by atomic mass is 10.2. The number of benzene rings is 1. The van der Waals surface area contributed by atoms with Crippen LogP contribution in [0.3, 0.4) is 0 Å². The maximum absolute atomic E-state index is 10.5. The van der Waals surface area contributed by atoms with Crippen LogP contribution in [0.15, 0.2) is 22.7 Å². The van der Waals surface area contributed by atoms with Crippen molar-refractivity contribution in [3.8, 4) is 5.75 Å². The van der Waals surface area contributed by atoms with E-state index in [4.69, 9.17) is 4.74 Å². The van der Waals surface area contributed by atoms with Gasteiger partial charge in [-0.15, -0.1) is 0 Å². The fourth-order valence-corrected chi connectivity index (χ4v) is 1.28. The summed E-state index contributed by atoms with van der Waals surface area (Å²) in [6.07, 6.45) is 0.915. The Morgan fingerprint density at radius 2 is 2.15 bits per heavy atom. The molecule has 0 N–H and O–H groups in total. The molecule has 13 heavy (non-hydrogen) atoms. The maximum Gasteiger partial charge on any atom is 0.150 e. The summed E-state index contributed by atoms with van der Waals surface area (Å²) in [5, 5.41) is 0. The van der Waals surface area contributed by atoms with Gasteiger partial charge < -0.3 is 4.74 Å². The molecule has 1 aromatic rings. The predicted octanol–water partition coefficient (Wildman–Crippen LogP) is 3.05. The summed E-state index contributed by atoms with van der Waals surface area (Å²) in [7, 11) is 0. The normalized spacial score (nSPS) is 10.2. The highest BCUT2D eigenvalue weighted by Crippen LogP contribution is 2.26. The third-order valence-corrected chi connectivity index (χ3v) is 2.11. The van der Waals surface area contributed by atoms with Gasteiger partial charge in [0.1, 0.15) is 12.0 Å².